The molecule has 9 nitrogen and oxygen atoms in total. The van der Waals surface area contributed by atoms with E-state index in [0.29, 0.717) is 13.2 Å². The van der Waals surface area contributed by atoms with Crippen LogP contribution < -0.4 is 10.6 Å². The summed E-state index contributed by atoms with van der Waals surface area (Å²) in [6.07, 6.45) is 6.19. The van der Waals surface area contributed by atoms with Crippen molar-refractivity contribution < 1.29 is 5.11 Å². The van der Waals surface area contributed by atoms with Gasteiger partial charge in [0.2, 0.25) is 0 Å². The summed E-state index contributed by atoms with van der Waals surface area (Å²) in [4.78, 5) is 17.9. The Bertz CT molecular complexity index is 1210. The first-order valence-electron chi connectivity index (χ1n) is 10.6. The number of nitrogens with one attached hydrogen (secondary N) is 2. The maximum absolute atomic E-state index is 9.45. The summed E-state index contributed by atoms with van der Waals surface area (Å²) >= 11 is 0. The third-order valence-corrected chi connectivity index (χ3v) is 5.23. The Morgan fingerprint density at radius 2 is 1.91 bits per heavy atom. The van der Waals surface area contributed by atoms with Crippen molar-refractivity contribution >= 4 is 22.8 Å². The van der Waals surface area contributed by atoms with Crippen LogP contribution in [0.1, 0.15) is 31.1 Å². The van der Waals surface area contributed by atoms with E-state index in [1.165, 1.54) is 0 Å². The molecule has 4 rings (SSSR count). The topological polar surface area (TPSA) is 105 Å². The molecule has 3 N–H and O–H groups in total. The lowest BCUT2D eigenvalue weighted by Gasteiger charge is -2.17. The van der Waals surface area contributed by atoms with E-state index in [4.69, 9.17) is 0 Å². The van der Waals surface area contributed by atoms with Gasteiger partial charge in [0.25, 0.3) is 0 Å². The minimum atomic E-state index is 0.228. The minimum Gasteiger partial charge on any atom is -0.508 e. The summed E-state index contributed by atoms with van der Waals surface area (Å²) in [5.41, 5.74) is 3.59. The molecule has 3 heterocycles. The van der Waals surface area contributed by atoms with Crippen LogP contribution in [-0.4, -0.2) is 48.6 Å². The van der Waals surface area contributed by atoms with Gasteiger partial charge in [-0.2, -0.15) is 0 Å². The van der Waals surface area contributed by atoms with Crippen LogP contribution in [0.4, 0.5) is 5.82 Å². The highest BCUT2D eigenvalue weighted by molar-refractivity contribution is 6.01. The Kier molecular flexibility index (Phi) is 6.34. The summed E-state index contributed by atoms with van der Waals surface area (Å²) < 4.78 is 4.06. The van der Waals surface area contributed by atoms with E-state index in [1.54, 1.807) is 31.7 Å². The highest BCUT2D eigenvalue weighted by Gasteiger charge is 2.18. The Balaban J connectivity index is 1.50. The molecule has 0 aliphatic heterocycles. The number of aliphatic imine (C=N–C) groups is 1. The molecule has 0 radical (unpaired) electrons. The molecule has 3 aromatic heterocycles. The van der Waals surface area contributed by atoms with Gasteiger partial charge in [-0.3, -0.25) is 9.56 Å². The van der Waals surface area contributed by atoms with Crippen LogP contribution in [0, 0.1) is 0 Å². The maximum atomic E-state index is 9.45. The number of hydrogen-bond acceptors (Lipinski definition) is 6. The standard InChI is InChI=1S/C23H28N8O/c1-16(2)31-15-28-20(21(24-3)25-12-10-17-6-8-18(32)9-7-17)23(31)29-14-30-13-27-19-5-4-11-26-22(19)30/h4-9,11,13,15-16,29,32H,10,12,14H2,1-3H3,(H,24,25). The third-order valence-electron chi connectivity index (χ3n) is 5.23. The zero-order valence-corrected chi connectivity index (χ0v) is 18.5. The zero-order valence-electron chi connectivity index (χ0n) is 18.5. The van der Waals surface area contributed by atoms with Crippen molar-refractivity contribution in [3.8, 4) is 5.75 Å². The number of fused-ring (bicyclic) bond motifs is 1. The molecular weight excluding hydrogens is 404 g/mol. The normalized spacial score (nSPS) is 11.9. The van der Waals surface area contributed by atoms with Crippen LogP contribution in [0.3, 0.4) is 0 Å². The lowest BCUT2D eigenvalue weighted by molar-refractivity contribution is 0.475. The van der Waals surface area contributed by atoms with Crippen molar-refractivity contribution in [3.63, 3.8) is 0 Å². The number of amidine groups is 1. The lowest BCUT2D eigenvalue weighted by atomic mass is 10.1. The van der Waals surface area contributed by atoms with Crippen molar-refractivity contribution in [2.24, 2.45) is 4.99 Å². The maximum Gasteiger partial charge on any atom is 0.161 e. The van der Waals surface area contributed by atoms with Crippen LogP contribution in [0.25, 0.3) is 11.2 Å². The van der Waals surface area contributed by atoms with Crippen molar-refractivity contribution in [2.45, 2.75) is 33.0 Å². The predicted molar refractivity (Wildman–Crippen MR) is 126 cm³/mol. The molecule has 0 saturated carbocycles. The van der Waals surface area contributed by atoms with Crippen LogP contribution in [-0.2, 0) is 13.1 Å². The van der Waals surface area contributed by atoms with E-state index in [0.717, 1.165) is 40.5 Å². The monoisotopic (exact) mass is 432 g/mol. The smallest absolute Gasteiger partial charge is 0.161 e. The number of rotatable bonds is 8. The summed E-state index contributed by atoms with van der Waals surface area (Å²) in [5.74, 6) is 1.88. The fraction of sp³-hybridized carbons (Fsp3) is 0.304. The van der Waals surface area contributed by atoms with Crippen molar-refractivity contribution in [1.82, 2.24) is 29.4 Å². The first-order valence-corrected chi connectivity index (χ1v) is 10.6. The predicted octanol–water partition coefficient (Wildman–Crippen LogP) is 3.19. The molecule has 0 bridgehead atoms. The highest BCUT2D eigenvalue weighted by Crippen LogP contribution is 2.21. The molecule has 1 aromatic carbocycles. The van der Waals surface area contributed by atoms with Crippen LogP contribution in [0.5, 0.6) is 5.75 Å². The molecule has 0 aliphatic carbocycles. The molecule has 0 aliphatic rings. The van der Waals surface area contributed by atoms with Gasteiger partial charge in [-0.15, -0.1) is 0 Å². The average Bonchev–Trinajstić information content (AvgIpc) is 3.41. The number of phenolic OH excluding ortho intramolecular Hbond substituents is 1. The van der Waals surface area contributed by atoms with E-state index in [1.807, 2.05) is 35.2 Å². The van der Waals surface area contributed by atoms with E-state index < -0.39 is 0 Å². The molecule has 0 amide bonds. The first-order chi connectivity index (χ1) is 15.6. The number of benzene rings is 1. The van der Waals surface area contributed by atoms with E-state index in [-0.39, 0.29) is 11.8 Å². The second-order valence-corrected chi connectivity index (χ2v) is 7.75. The van der Waals surface area contributed by atoms with Gasteiger partial charge in [0.05, 0.1) is 19.3 Å². The molecular formula is C23H28N8O. The van der Waals surface area contributed by atoms with E-state index >= 15 is 0 Å². The van der Waals surface area contributed by atoms with Crippen molar-refractivity contribution in [2.75, 3.05) is 18.9 Å². The van der Waals surface area contributed by atoms with Crippen LogP contribution >= 0.6 is 0 Å². The van der Waals surface area contributed by atoms with Gasteiger partial charge in [-0.1, -0.05) is 12.1 Å². The lowest BCUT2D eigenvalue weighted by Crippen LogP contribution is -2.28. The summed E-state index contributed by atoms with van der Waals surface area (Å²) in [5, 5.41) is 16.4. The van der Waals surface area contributed by atoms with Gasteiger partial charge in [0.15, 0.2) is 11.5 Å². The van der Waals surface area contributed by atoms with Gasteiger partial charge in [0.1, 0.15) is 22.8 Å². The second-order valence-electron chi connectivity index (χ2n) is 7.75. The van der Waals surface area contributed by atoms with Crippen molar-refractivity contribution in [3.05, 3.63) is 66.5 Å². The summed E-state index contributed by atoms with van der Waals surface area (Å²) in [6.45, 7) is 5.43. The van der Waals surface area contributed by atoms with Crippen molar-refractivity contribution in [1.29, 1.82) is 0 Å². The molecule has 166 valence electrons. The molecule has 0 spiro atoms. The SMILES string of the molecule is CN=C(NCCc1ccc(O)cc1)c1ncn(C(C)C)c1NCn1cnc2cccnc21. The van der Waals surface area contributed by atoms with Gasteiger partial charge < -0.3 is 20.3 Å². The fourth-order valence-corrected chi connectivity index (χ4v) is 3.53. The first kappa shape index (κ1) is 21.4. The van der Waals surface area contributed by atoms with E-state index in [2.05, 4.69) is 49.0 Å². The number of pyridine rings is 1. The Labute approximate surface area is 186 Å². The van der Waals surface area contributed by atoms with Gasteiger partial charge in [-0.05, 0) is 50.1 Å². The largest absolute Gasteiger partial charge is 0.508 e. The quantitative estimate of drug-likeness (QED) is 0.292. The molecule has 32 heavy (non-hydrogen) atoms. The van der Waals surface area contributed by atoms with E-state index in [9.17, 15) is 5.11 Å². The Hall–Kier alpha value is -3.88. The second kappa shape index (κ2) is 9.51. The summed E-state index contributed by atoms with van der Waals surface area (Å²) in [6, 6.07) is 11.3. The third kappa shape index (κ3) is 4.56. The number of aromatic hydroxyl groups is 1. The molecule has 0 saturated heterocycles. The number of hydrogen-bond donors (Lipinski definition) is 3. The molecule has 0 fully saturated rings. The Morgan fingerprint density at radius 3 is 2.66 bits per heavy atom. The average molecular weight is 433 g/mol. The number of imidazole rings is 2. The van der Waals surface area contributed by atoms with Crippen LogP contribution in [0.15, 0.2) is 60.2 Å². The van der Waals surface area contributed by atoms with Gasteiger partial charge >= 0.3 is 0 Å². The number of aromatic nitrogens is 5. The number of nitrogens with zero attached hydrogens (tertiary/aromatic N) is 6. The molecule has 4 aromatic rings. The van der Waals surface area contributed by atoms with Gasteiger partial charge in [-0.25, -0.2) is 15.0 Å². The highest BCUT2D eigenvalue weighted by atomic mass is 16.3. The number of anilines is 1. The zero-order chi connectivity index (χ0) is 22.5. The number of phenols is 1. The molecule has 0 unspecified atom stereocenters. The molecule has 0 atom stereocenters. The van der Waals surface area contributed by atoms with Crippen LogP contribution in [0.2, 0.25) is 0 Å². The molecule has 9 heteroatoms. The summed E-state index contributed by atoms with van der Waals surface area (Å²) in [7, 11) is 1.76. The Morgan fingerprint density at radius 1 is 1.09 bits per heavy atom. The van der Waals surface area contributed by atoms with Gasteiger partial charge in [0, 0.05) is 25.8 Å². The fourth-order valence-electron chi connectivity index (χ4n) is 3.53. The minimum absolute atomic E-state index is 0.228.